The second-order valence-corrected chi connectivity index (χ2v) is 8.08. The van der Waals surface area contributed by atoms with Gasteiger partial charge in [0.05, 0.1) is 12.3 Å². The van der Waals surface area contributed by atoms with Crippen molar-refractivity contribution in [1.29, 1.82) is 0 Å². The van der Waals surface area contributed by atoms with Crippen molar-refractivity contribution in [3.8, 4) is 5.75 Å². The van der Waals surface area contributed by atoms with Gasteiger partial charge in [0.25, 0.3) is 10.2 Å². The number of hydrogen-bond donors (Lipinski definition) is 0. The summed E-state index contributed by atoms with van der Waals surface area (Å²) in [7, 11) is 0. The standard InChI is InChI=1S/C20H18ClN3O10/c1-10-18(15-9-30-19(14(15)8-22-10)11-2-4-12(21)5-3-11)32-20(25)31-13-6-16(33-23(26)27)17(7-13)34-24(28)29/h2-5,8,13,16-17,19H,6-7,9H2,1H3/t13?,16?,17?,19-/m0/s1. The molecule has 4 rings (SSSR count). The molecule has 34 heavy (non-hydrogen) atoms. The summed E-state index contributed by atoms with van der Waals surface area (Å²) in [6, 6.07) is 7.12. The van der Waals surface area contributed by atoms with Crippen LogP contribution < -0.4 is 4.74 Å². The van der Waals surface area contributed by atoms with E-state index in [1.54, 1.807) is 25.3 Å². The van der Waals surface area contributed by atoms with Gasteiger partial charge in [0, 0.05) is 35.2 Å². The van der Waals surface area contributed by atoms with Crippen molar-refractivity contribution < 1.29 is 38.9 Å². The Morgan fingerprint density at radius 3 is 2.32 bits per heavy atom. The molecule has 1 fully saturated rings. The highest BCUT2D eigenvalue weighted by molar-refractivity contribution is 6.30. The Hall–Kier alpha value is -3.71. The number of fused-ring (bicyclic) bond motifs is 1. The molecule has 0 spiro atoms. The average Bonchev–Trinajstić information content (AvgIpc) is 3.34. The topological polar surface area (TPSA) is 162 Å². The molecule has 3 atom stereocenters. The van der Waals surface area contributed by atoms with Gasteiger partial charge in [0.15, 0.2) is 5.75 Å². The maximum absolute atomic E-state index is 12.5. The molecule has 0 N–H and O–H groups in total. The van der Waals surface area contributed by atoms with Gasteiger partial charge in [-0.2, -0.15) is 0 Å². The van der Waals surface area contributed by atoms with E-state index >= 15 is 0 Å². The van der Waals surface area contributed by atoms with Crippen LogP contribution >= 0.6 is 11.6 Å². The van der Waals surface area contributed by atoms with E-state index in [-0.39, 0.29) is 25.2 Å². The zero-order valence-corrected chi connectivity index (χ0v) is 18.4. The second-order valence-electron chi connectivity index (χ2n) is 7.65. The Bertz CT molecular complexity index is 1090. The fraction of sp³-hybridized carbons (Fsp3) is 0.400. The molecule has 180 valence electrons. The molecule has 0 saturated heterocycles. The lowest BCUT2D eigenvalue weighted by atomic mass is 10.0. The number of aryl methyl sites for hydroxylation is 1. The van der Waals surface area contributed by atoms with E-state index in [9.17, 15) is 25.0 Å². The van der Waals surface area contributed by atoms with E-state index in [4.69, 9.17) is 25.8 Å². The number of aromatic nitrogens is 1. The predicted molar refractivity (Wildman–Crippen MR) is 111 cm³/mol. The largest absolute Gasteiger partial charge is 0.514 e. The van der Waals surface area contributed by atoms with E-state index in [0.717, 1.165) is 11.1 Å². The lowest BCUT2D eigenvalue weighted by Crippen LogP contribution is -2.30. The van der Waals surface area contributed by atoms with Crippen molar-refractivity contribution in [2.45, 2.75) is 50.8 Å². The molecule has 1 saturated carbocycles. The molecule has 13 nitrogen and oxygen atoms in total. The van der Waals surface area contributed by atoms with Gasteiger partial charge in [-0.1, -0.05) is 23.7 Å². The van der Waals surface area contributed by atoms with Crippen molar-refractivity contribution >= 4 is 17.8 Å². The van der Waals surface area contributed by atoms with Gasteiger partial charge in [-0.25, -0.2) is 4.79 Å². The van der Waals surface area contributed by atoms with Crippen molar-refractivity contribution in [2.24, 2.45) is 0 Å². The van der Waals surface area contributed by atoms with Crippen LogP contribution in [0.2, 0.25) is 5.02 Å². The minimum atomic E-state index is -1.27. The monoisotopic (exact) mass is 495 g/mol. The van der Waals surface area contributed by atoms with Crippen LogP contribution in [0.1, 0.15) is 41.3 Å². The molecule has 1 aliphatic carbocycles. The normalized spacial score (nSPS) is 23.1. The summed E-state index contributed by atoms with van der Waals surface area (Å²) in [5, 5.41) is 19.7. The molecule has 2 heterocycles. The highest BCUT2D eigenvalue weighted by Gasteiger charge is 2.42. The zero-order valence-electron chi connectivity index (χ0n) is 17.6. The Kier molecular flexibility index (Phi) is 6.65. The van der Waals surface area contributed by atoms with Gasteiger partial charge in [0.1, 0.15) is 24.4 Å². The quantitative estimate of drug-likeness (QED) is 0.313. The minimum absolute atomic E-state index is 0.162. The number of carbonyl (C=O) groups is 1. The molecule has 0 bridgehead atoms. The molecule has 2 unspecified atom stereocenters. The summed E-state index contributed by atoms with van der Waals surface area (Å²) in [6.45, 7) is 1.81. The third kappa shape index (κ3) is 5.10. The number of ether oxygens (including phenoxy) is 3. The van der Waals surface area contributed by atoms with E-state index in [1.165, 1.54) is 0 Å². The Labute approximate surface area is 196 Å². The maximum Gasteiger partial charge on any atom is 0.514 e. The second kappa shape index (κ2) is 9.65. The molecular formula is C20H18ClN3O10. The van der Waals surface area contributed by atoms with Gasteiger partial charge >= 0.3 is 6.16 Å². The number of benzene rings is 1. The minimum Gasteiger partial charge on any atom is -0.431 e. The smallest absolute Gasteiger partial charge is 0.431 e. The van der Waals surface area contributed by atoms with Gasteiger partial charge in [0.2, 0.25) is 0 Å². The molecule has 0 amide bonds. The van der Waals surface area contributed by atoms with Crippen molar-refractivity contribution in [1.82, 2.24) is 4.98 Å². The summed E-state index contributed by atoms with van der Waals surface area (Å²) in [5.41, 5.74) is 2.61. The molecule has 0 radical (unpaired) electrons. The Morgan fingerprint density at radius 1 is 1.12 bits per heavy atom. The fourth-order valence-electron chi connectivity index (χ4n) is 4.03. The average molecular weight is 496 g/mol. The van der Waals surface area contributed by atoms with E-state index in [2.05, 4.69) is 14.7 Å². The van der Waals surface area contributed by atoms with Gasteiger partial charge in [-0.15, -0.1) is 20.2 Å². The van der Waals surface area contributed by atoms with Crippen molar-refractivity contribution in [3.63, 3.8) is 0 Å². The number of pyridine rings is 1. The van der Waals surface area contributed by atoms with Crippen LogP contribution in [-0.2, 0) is 25.8 Å². The van der Waals surface area contributed by atoms with E-state index in [0.29, 0.717) is 16.3 Å². The van der Waals surface area contributed by atoms with Crippen LogP contribution in [0, 0.1) is 27.2 Å². The van der Waals surface area contributed by atoms with Crippen LogP contribution in [0.5, 0.6) is 5.75 Å². The van der Waals surface area contributed by atoms with Gasteiger partial charge in [-0.3, -0.25) is 4.98 Å². The van der Waals surface area contributed by atoms with Gasteiger partial charge in [-0.05, 0) is 24.6 Å². The summed E-state index contributed by atoms with van der Waals surface area (Å²) < 4.78 is 16.5. The lowest BCUT2D eigenvalue weighted by molar-refractivity contribution is -0.797. The SMILES string of the molecule is Cc1ncc2c(c1OC(=O)OC1CC(O[N+](=O)[O-])C(O[N+](=O)[O-])C1)CO[C@H]2c1ccc(Cl)cc1. The zero-order chi connectivity index (χ0) is 24.4. The number of halogens is 1. The van der Waals surface area contributed by atoms with Crippen LogP contribution in [0.3, 0.4) is 0 Å². The molecule has 14 heteroatoms. The summed E-state index contributed by atoms with van der Waals surface area (Å²) in [5.74, 6) is 0.174. The fourth-order valence-corrected chi connectivity index (χ4v) is 4.16. The predicted octanol–water partition coefficient (Wildman–Crippen LogP) is 3.49. The summed E-state index contributed by atoms with van der Waals surface area (Å²) >= 11 is 5.95. The number of nitrogens with zero attached hydrogens (tertiary/aromatic N) is 3. The molecule has 2 aromatic rings. The first-order chi connectivity index (χ1) is 16.2. The third-order valence-electron chi connectivity index (χ3n) is 5.49. The first-order valence-electron chi connectivity index (χ1n) is 10.1. The Balaban J connectivity index is 1.46. The third-order valence-corrected chi connectivity index (χ3v) is 5.75. The van der Waals surface area contributed by atoms with E-state index in [1.807, 2.05) is 12.1 Å². The first-order valence-corrected chi connectivity index (χ1v) is 10.4. The molecule has 1 aromatic heterocycles. The van der Waals surface area contributed by atoms with Gasteiger partial charge < -0.3 is 23.9 Å². The van der Waals surface area contributed by atoms with Crippen LogP contribution in [0.25, 0.3) is 0 Å². The number of carbonyl (C=O) groups excluding carboxylic acids is 1. The first kappa shape index (κ1) is 23.4. The van der Waals surface area contributed by atoms with E-state index < -0.39 is 40.7 Å². The van der Waals surface area contributed by atoms with Crippen molar-refractivity contribution in [3.05, 3.63) is 78.1 Å². The van der Waals surface area contributed by atoms with Crippen LogP contribution in [0.4, 0.5) is 4.79 Å². The van der Waals surface area contributed by atoms with Crippen LogP contribution in [-0.4, -0.2) is 39.6 Å². The van der Waals surface area contributed by atoms with Crippen LogP contribution in [0.15, 0.2) is 30.5 Å². The van der Waals surface area contributed by atoms with Crippen molar-refractivity contribution in [2.75, 3.05) is 0 Å². The molecule has 1 aromatic carbocycles. The highest BCUT2D eigenvalue weighted by atomic mass is 35.5. The summed E-state index contributed by atoms with van der Waals surface area (Å²) in [6.07, 6.45) is -3.72. The molecule has 1 aliphatic heterocycles. The lowest BCUT2D eigenvalue weighted by Gasteiger charge is -2.15. The number of hydrogen-bond acceptors (Lipinski definition) is 11. The Morgan fingerprint density at radius 2 is 1.74 bits per heavy atom. The number of rotatable bonds is 7. The molecular weight excluding hydrogens is 478 g/mol. The summed E-state index contributed by atoms with van der Waals surface area (Å²) in [4.78, 5) is 46.9. The highest BCUT2D eigenvalue weighted by Crippen LogP contribution is 2.41. The maximum atomic E-state index is 12.5. The molecule has 2 aliphatic rings.